The Hall–Kier alpha value is -1.27. The standard InChI is InChI=1S/C14H21F3N2O/c1-4-19(10-14(15,16)17)9-13(18-2)11-5-7-12(20-3)8-6-11/h5-8,13,18H,4,9-10H2,1-3H3. The highest BCUT2D eigenvalue weighted by Gasteiger charge is 2.30. The Labute approximate surface area is 117 Å². The van der Waals surface area contributed by atoms with Gasteiger partial charge in [0, 0.05) is 12.6 Å². The Bertz CT molecular complexity index is 392. The van der Waals surface area contributed by atoms with Crippen LogP contribution in [0.15, 0.2) is 24.3 Å². The molecule has 0 aliphatic rings. The maximum Gasteiger partial charge on any atom is 0.401 e. The molecule has 1 unspecified atom stereocenters. The molecule has 0 heterocycles. The zero-order chi connectivity index (χ0) is 15.2. The summed E-state index contributed by atoms with van der Waals surface area (Å²) in [5.41, 5.74) is 0.939. The third-order valence-corrected chi connectivity index (χ3v) is 3.16. The molecule has 0 aliphatic carbocycles. The van der Waals surface area contributed by atoms with E-state index < -0.39 is 12.7 Å². The molecule has 114 valence electrons. The summed E-state index contributed by atoms with van der Waals surface area (Å²) >= 11 is 0. The summed E-state index contributed by atoms with van der Waals surface area (Å²) in [5, 5.41) is 3.06. The number of hydrogen-bond acceptors (Lipinski definition) is 3. The lowest BCUT2D eigenvalue weighted by molar-refractivity contribution is -0.146. The molecule has 0 amide bonds. The first-order valence-corrected chi connectivity index (χ1v) is 6.50. The predicted molar refractivity (Wildman–Crippen MR) is 73.0 cm³/mol. The minimum Gasteiger partial charge on any atom is -0.497 e. The van der Waals surface area contributed by atoms with Crippen molar-refractivity contribution in [1.82, 2.24) is 10.2 Å². The van der Waals surface area contributed by atoms with Gasteiger partial charge < -0.3 is 10.1 Å². The molecule has 1 rings (SSSR count). The Morgan fingerprint density at radius 2 is 1.85 bits per heavy atom. The smallest absolute Gasteiger partial charge is 0.401 e. The molecule has 0 saturated heterocycles. The van der Waals surface area contributed by atoms with Crippen LogP contribution in [0.25, 0.3) is 0 Å². The van der Waals surface area contributed by atoms with E-state index >= 15 is 0 Å². The molecule has 1 atom stereocenters. The highest BCUT2D eigenvalue weighted by molar-refractivity contribution is 5.29. The van der Waals surface area contributed by atoms with Crippen molar-refractivity contribution in [2.24, 2.45) is 0 Å². The van der Waals surface area contributed by atoms with Gasteiger partial charge in [-0.15, -0.1) is 0 Å². The van der Waals surface area contributed by atoms with E-state index in [1.165, 1.54) is 4.90 Å². The predicted octanol–water partition coefficient (Wildman–Crippen LogP) is 2.84. The molecule has 3 nitrogen and oxygen atoms in total. The first-order chi connectivity index (χ1) is 9.39. The van der Waals surface area contributed by atoms with E-state index in [1.54, 1.807) is 33.2 Å². The minimum atomic E-state index is -4.17. The summed E-state index contributed by atoms with van der Waals surface area (Å²) in [6.45, 7) is 1.50. The fourth-order valence-electron chi connectivity index (χ4n) is 2.02. The van der Waals surface area contributed by atoms with Crippen LogP contribution < -0.4 is 10.1 Å². The molecule has 0 fully saturated rings. The van der Waals surface area contributed by atoms with E-state index in [0.717, 1.165) is 11.3 Å². The average Bonchev–Trinajstić information content (AvgIpc) is 2.42. The Kier molecular flexibility index (Phi) is 6.29. The number of benzene rings is 1. The van der Waals surface area contributed by atoms with Crippen molar-refractivity contribution in [3.05, 3.63) is 29.8 Å². The second-order valence-electron chi connectivity index (χ2n) is 4.56. The average molecular weight is 290 g/mol. The van der Waals surface area contributed by atoms with Crippen LogP contribution in [0.5, 0.6) is 5.75 Å². The second kappa shape index (κ2) is 7.50. The van der Waals surface area contributed by atoms with Crippen molar-refractivity contribution >= 4 is 0 Å². The zero-order valence-electron chi connectivity index (χ0n) is 12.0. The van der Waals surface area contributed by atoms with Gasteiger partial charge in [0.05, 0.1) is 13.7 Å². The number of nitrogens with zero attached hydrogens (tertiary/aromatic N) is 1. The quantitative estimate of drug-likeness (QED) is 0.835. The third-order valence-electron chi connectivity index (χ3n) is 3.16. The number of methoxy groups -OCH3 is 1. The first-order valence-electron chi connectivity index (χ1n) is 6.50. The van der Waals surface area contributed by atoms with Crippen molar-refractivity contribution in [2.75, 3.05) is 33.8 Å². The zero-order valence-corrected chi connectivity index (χ0v) is 12.0. The maximum atomic E-state index is 12.5. The van der Waals surface area contributed by atoms with Crippen LogP contribution in [0.3, 0.4) is 0 Å². The monoisotopic (exact) mass is 290 g/mol. The van der Waals surface area contributed by atoms with Crippen LogP contribution in [0.1, 0.15) is 18.5 Å². The number of hydrogen-bond donors (Lipinski definition) is 1. The normalized spacial score (nSPS) is 13.6. The molecule has 0 bridgehead atoms. The summed E-state index contributed by atoms with van der Waals surface area (Å²) in [6, 6.07) is 7.19. The van der Waals surface area contributed by atoms with Crippen molar-refractivity contribution in [1.29, 1.82) is 0 Å². The van der Waals surface area contributed by atoms with E-state index in [1.807, 2.05) is 12.1 Å². The Morgan fingerprint density at radius 3 is 2.25 bits per heavy atom. The molecule has 0 spiro atoms. The van der Waals surface area contributed by atoms with Crippen LogP contribution >= 0.6 is 0 Å². The van der Waals surface area contributed by atoms with Gasteiger partial charge in [-0.25, -0.2) is 0 Å². The van der Waals surface area contributed by atoms with Crippen molar-refractivity contribution in [2.45, 2.75) is 19.1 Å². The van der Waals surface area contributed by atoms with E-state index in [4.69, 9.17) is 4.74 Å². The number of ether oxygens (including phenoxy) is 1. The fraction of sp³-hybridized carbons (Fsp3) is 0.571. The molecule has 0 radical (unpaired) electrons. The summed E-state index contributed by atoms with van der Waals surface area (Å²) in [6.07, 6.45) is -4.17. The number of nitrogens with one attached hydrogen (secondary N) is 1. The van der Waals surface area contributed by atoms with E-state index in [0.29, 0.717) is 13.1 Å². The molecule has 0 aromatic heterocycles. The summed E-state index contributed by atoms with van der Waals surface area (Å²) in [5.74, 6) is 0.728. The minimum absolute atomic E-state index is 0.150. The molecule has 1 aromatic rings. The lowest BCUT2D eigenvalue weighted by Crippen LogP contribution is -2.39. The van der Waals surface area contributed by atoms with Crippen LogP contribution in [0.2, 0.25) is 0 Å². The lowest BCUT2D eigenvalue weighted by atomic mass is 10.1. The Balaban J connectivity index is 2.73. The molecular weight excluding hydrogens is 269 g/mol. The van der Waals surface area contributed by atoms with Gasteiger partial charge in [0.15, 0.2) is 0 Å². The second-order valence-corrected chi connectivity index (χ2v) is 4.56. The van der Waals surface area contributed by atoms with E-state index in [9.17, 15) is 13.2 Å². The number of likely N-dealkylation sites (N-methyl/N-ethyl adjacent to an activating group) is 2. The topological polar surface area (TPSA) is 24.5 Å². The van der Waals surface area contributed by atoms with Gasteiger partial charge in [-0.3, -0.25) is 4.90 Å². The largest absolute Gasteiger partial charge is 0.497 e. The molecular formula is C14H21F3N2O. The van der Waals surface area contributed by atoms with Gasteiger partial charge in [-0.1, -0.05) is 19.1 Å². The summed E-state index contributed by atoms with van der Waals surface area (Å²) in [7, 11) is 3.32. The molecule has 20 heavy (non-hydrogen) atoms. The van der Waals surface area contributed by atoms with Gasteiger partial charge in [-0.05, 0) is 31.3 Å². The van der Waals surface area contributed by atoms with Crippen LogP contribution in [-0.4, -0.2) is 44.9 Å². The van der Waals surface area contributed by atoms with Gasteiger partial charge in [0.1, 0.15) is 5.75 Å². The van der Waals surface area contributed by atoms with E-state index in [2.05, 4.69) is 5.32 Å². The third kappa shape index (κ3) is 5.38. The van der Waals surface area contributed by atoms with Gasteiger partial charge in [0.25, 0.3) is 0 Å². The molecule has 1 N–H and O–H groups in total. The molecule has 0 aliphatic heterocycles. The van der Waals surface area contributed by atoms with Gasteiger partial charge >= 0.3 is 6.18 Å². The maximum absolute atomic E-state index is 12.5. The van der Waals surface area contributed by atoms with Crippen molar-refractivity contribution < 1.29 is 17.9 Å². The number of halogens is 3. The summed E-state index contributed by atoms with van der Waals surface area (Å²) in [4.78, 5) is 1.38. The van der Waals surface area contributed by atoms with Crippen molar-refractivity contribution in [3.8, 4) is 5.75 Å². The highest BCUT2D eigenvalue weighted by Crippen LogP contribution is 2.21. The number of rotatable bonds is 7. The van der Waals surface area contributed by atoms with E-state index in [-0.39, 0.29) is 6.04 Å². The first kappa shape index (κ1) is 16.8. The van der Waals surface area contributed by atoms with Crippen LogP contribution in [0, 0.1) is 0 Å². The van der Waals surface area contributed by atoms with Crippen molar-refractivity contribution in [3.63, 3.8) is 0 Å². The summed E-state index contributed by atoms with van der Waals surface area (Å²) < 4.78 is 42.5. The number of alkyl halides is 3. The van der Waals surface area contributed by atoms with Gasteiger partial charge in [0.2, 0.25) is 0 Å². The molecule has 0 saturated carbocycles. The highest BCUT2D eigenvalue weighted by atomic mass is 19.4. The lowest BCUT2D eigenvalue weighted by Gasteiger charge is -2.27. The molecule has 6 heteroatoms. The molecule has 1 aromatic carbocycles. The van der Waals surface area contributed by atoms with Crippen LogP contribution in [-0.2, 0) is 0 Å². The fourth-order valence-corrected chi connectivity index (χ4v) is 2.02. The Morgan fingerprint density at radius 1 is 1.25 bits per heavy atom. The van der Waals surface area contributed by atoms with Crippen LogP contribution in [0.4, 0.5) is 13.2 Å². The SMILES string of the molecule is CCN(CC(NC)c1ccc(OC)cc1)CC(F)(F)F. The van der Waals surface area contributed by atoms with Gasteiger partial charge in [-0.2, -0.15) is 13.2 Å².